The molecule has 4 nitrogen and oxygen atoms in total. The first kappa shape index (κ1) is 17.8. The van der Waals surface area contributed by atoms with Gasteiger partial charge in [0.2, 0.25) is 0 Å². The largest absolute Gasteiger partial charge is 0.295 e. The topological polar surface area (TPSA) is 49.0 Å². The maximum Gasteiger partial charge on any atom is 0.277 e. The molecule has 142 valence electrons. The molecule has 0 fully saturated rings. The van der Waals surface area contributed by atoms with Crippen molar-refractivity contribution in [2.24, 2.45) is 0 Å². The van der Waals surface area contributed by atoms with E-state index < -0.39 is 0 Å². The number of carbonyl (C=O) groups is 1. The van der Waals surface area contributed by atoms with Crippen LogP contribution >= 0.6 is 15.9 Å². The Hall–Kier alpha value is -3.25. The van der Waals surface area contributed by atoms with Crippen molar-refractivity contribution in [3.8, 4) is 11.3 Å². The zero-order valence-electron chi connectivity index (χ0n) is 15.1. The van der Waals surface area contributed by atoms with Gasteiger partial charge < -0.3 is 0 Å². The molecule has 1 atom stereocenters. The van der Waals surface area contributed by atoms with E-state index in [0.717, 1.165) is 26.9 Å². The van der Waals surface area contributed by atoms with Crippen LogP contribution in [0.2, 0.25) is 0 Å². The highest BCUT2D eigenvalue weighted by atomic mass is 79.9. The highest BCUT2D eigenvalue weighted by Crippen LogP contribution is 2.45. The number of rotatable bonds is 3. The first-order valence-electron chi connectivity index (χ1n) is 9.12. The molecule has 1 aromatic heterocycles. The fourth-order valence-electron chi connectivity index (χ4n) is 3.79. The van der Waals surface area contributed by atoms with Gasteiger partial charge in [0.05, 0.1) is 11.7 Å². The fourth-order valence-corrected chi connectivity index (χ4v) is 4.05. The molecule has 0 aliphatic carbocycles. The first-order chi connectivity index (χ1) is 14.1. The van der Waals surface area contributed by atoms with E-state index in [1.54, 1.807) is 17.0 Å². The van der Waals surface area contributed by atoms with Gasteiger partial charge in [-0.3, -0.25) is 14.8 Å². The average Bonchev–Trinajstić information content (AvgIpc) is 3.29. The van der Waals surface area contributed by atoms with Crippen LogP contribution in [0.1, 0.15) is 27.7 Å². The number of amides is 1. The van der Waals surface area contributed by atoms with Crippen molar-refractivity contribution < 1.29 is 9.18 Å². The predicted molar refractivity (Wildman–Crippen MR) is 113 cm³/mol. The number of fused-ring (bicyclic) bond motifs is 1. The fraction of sp³-hybridized carbons (Fsp3) is 0.0435. The number of H-pyrrole nitrogens is 1. The summed E-state index contributed by atoms with van der Waals surface area (Å²) >= 11 is 3.47. The molecule has 0 radical (unpaired) electrons. The Kier molecular flexibility index (Phi) is 4.28. The molecular weight excluding hydrogens is 433 g/mol. The molecule has 6 heteroatoms. The monoisotopic (exact) mass is 447 g/mol. The van der Waals surface area contributed by atoms with Crippen LogP contribution in [0, 0.1) is 5.82 Å². The van der Waals surface area contributed by atoms with Crippen LogP contribution < -0.4 is 4.90 Å². The second-order valence-electron chi connectivity index (χ2n) is 6.83. The summed E-state index contributed by atoms with van der Waals surface area (Å²) in [4.78, 5) is 15.1. The third-order valence-corrected chi connectivity index (χ3v) is 5.63. The molecule has 0 spiro atoms. The molecule has 0 saturated carbocycles. The molecule has 1 aliphatic rings. The van der Waals surface area contributed by atoms with Gasteiger partial charge in [-0.25, -0.2) is 4.39 Å². The lowest BCUT2D eigenvalue weighted by Crippen LogP contribution is -2.29. The van der Waals surface area contributed by atoms with Crippen LogP contribution in [0.25, 0.3) is 11.3 Å². The number of nitrogens with one attached hydrogen (secondary N) is 1. The van der Waals surface area contributed by atoms with Crippen molar-refractivity contribution in [2.75, 3.05) is 4.90 Å². The molecule has 0 unspecified atom stereocenters. The molecule has 1 N–H and O–H groups in total. The smallest absolute Gasteiger partial charge is 0.277 e. The first-order valence-corrected chi connectivity index (χ1v) is 9.91. The molecule has 29 heavy (non-hydrogen) atoms. The van der Waals surface area contributed by atoms with Gasteiger partial charge in [0.15, 0.2) is 0 Å². The Bertz CT molecular complexity index is 1190. The van der Waals surface area contributed by atoms with E-state index >= 15 is 0 Å². The van der Waals surface area contributed by atoms with Crippen LogP contribution in [0.15, 0.2) is 83.3 Å². The minimum Gasteiger partial charge on any atom is -0.295 e. The van der Waals surface area contributed by atoms with E-state index in [2.05, 4.69) is 26.1 Å². The van der Waals surface area contributed by atoms with Crippen molar-refractivity contribution in [1.29, 1.82) is 0 Å². The third-order valence-electron chi connectivity index (χ3n) is 5.11. The van der Waals surface area contributed by atoms with Gasteiger partial charge in [0, 0.05) is 21.3 Å². The quantitative estimate of drug-likeness (QED) is 0.435. The second-order valence-corrected chi connectivity index (χ2v) is 7.75. The highest BCUT2D eigenvalue weighted by molar-refractivity contribution is 9.10. The number of hydrogen-bond acceptors (Lipinski definition) is 2. The van der Waals surface area contributed by atoms with Crippen LogP contribution in [-0.4, -0.2) is 16.1 Å². The van der Waals surface area contributed by atoms with Gasteiger partial charge in [0.1, 0.15) is 11.5 Å². The number of anilines is 1. The van der Waals surface area contributed by atoms with Crippen LogP contribution in [0.5, 0.6) is 0 Å². The number of hydrogen-bond donors (Lipinski definition) is 1. The molecule has 1 aliphatic heterocycles. The summed E-state index contributed by atoms with van der Waals surface area (Å²) in [6.45, 7) is 0. The van der Waals surface area contributed by atoms with Crippen molar-refractivity contribution in [2.45, 2.75) is 6.04 Å². The lowest BCUT2D eigenvalue weighted by atomic mass is 9.96. The lowest BCUT2D eigenvalue weighted by molar-refractivity contribution is 0.0989. The van der Waals surface area contributed by atoms with E-state index in [4.69, 9.17) is 0 Å². The average molecular weight is 448 g/mol. The van der Waals surface area contributed by atoms with E-state index in [1.165, 1.54) is 12.1 Å². The Labute approximate surface area is 175 Å². The van der Waals surface area contributed by atoms with E-state index in [0.29, 0.717) is 11.4 Å². The Morgan fingerprint density at radius 2 is 1.62 bits per heavy atom. The zero-order chi connectivity index (χ0) is 20.0. The number of para-hydroxylation sites is 1. The SMILES string of the molecule is O=C1c2[nH]nc(-c3ccc(F)cc3)c2[C@@H](c2ccc(Br)cc2)N1c1ccccc1. The summed E-state index contributed by atoms with van der Waals surface area (Å²) in [5.74, 6) is -0.452. The predicted octanol–water partition coefficient (Wildman–Crippen LogP) is 5.73. The Morgan fingerprint density at radius 1 is 0.931 bits per heavy atom. The van der Waals surface area contributed by atoms with Crippen molar-refractivity contribution in [3.63, 3.8) is 0 Å². The van der Waals surface area contributed by atoms with Gasteiger partial charge in [-0.1, -0.05) is 46.3 Å². The number of halogens is 2. The van der Waals surface area contributed by atoms with E-state index in [9.17, 15) is 9.18 Å². The van der Waals surface area contributed by atoms with Gasteiger partial charge in [0.25, 0.3) is 5.91 Å². The maximum atomic E-state index is 13.4. The molecular formula is C23H15BrFN3O. The molecule has 2 heterocycles. The minimum absolute atomic E-state index is 0.139. The molecule has 3 aromatic carbocycles. The van der Waals surface area contributed by atoms with Crippen molar-refractivity contribution in [3.05, 3.63) is 106 Å². The minimum atomic E-state index is -0.341. The van der Waals surface area contributed by atoms with Crippen LogP contribution in [0.4, 0.5) is 10.1 Å². The number of benzene rings is 3. The van der Waals surface area contributed by atoms with Gasteiger partial charge in [-0.2, -0.15) is 5.10 Å². The van der Waals surface area contributed by atoms with Crippen LogP contribution in [0.3, 0.4) is 0 Å². The molecule has 0 saturated heterocycles. The summed E-state index contributed by atoms with van der Waals surface area (Å²) in [6, 6.07) is 23.3. The molecule has 5 rings (SSSR count). The number of nitrogens with zero attached hydrogens (tertiary/aromatic N) is 2. The number of carbonyl (C=O) groups excluding carboxylic acids is 1. The lowest BCUT2D eigenvalue weighted by Gasteiger charge is -2.26. The number of aromatic amines is 1. The van der Waals surface area contributed by atoms with E-state index in [1.807, 2.05) is 54.6 Å². The Balaban J connectivity index is 1.72. The van der Waals surface area contributed by atoms with Gasteiger partial charge in [-0.05, 0) is 54.1 Å². The van der Waals surface area contributed by atoms with E-state index in [-0.39, 0.29) is 17.8 Å². The Morgan fingerprint density at radius 3 is 2.31 bits per heavy atom. The molecule has 0 bridgehead atoms. The zero-order valence-corrected chi connectivity index (χ0v) is 16.7. The molecule has 1 amide bonds. The summed E-state index contributed by atoms with van der Waals surface area (Å²) in [6.07, 6.45) is 0. The second kappa shape index (κ2) is 6.97. The summed E-state index contributed by atoms with van der Waals surface area (Å²) in [7, 11) is 0. The molecule has 4 aromatic rings. The normalized spacial score (nSPS) is 15.6. The third kappa shape index (κ3) is 2.96. The van der Waals surface area contributed by atoms with Gasteiger partial charge in [-0.15, -0.1) is 0 Å². The summed E-state index contributed by atoms with van der Waals surface area (Å²) < 4.78 is 14.4. The standard InChI is InChI=1S/C23H15BrFN3O/c24-16-10-6-15(7-11-16)22-19-20(14-8-12-17(25)13-9-14)26-27-21(19)23(29)28(22)18-4-2-1-3-5-18/h1-13,22H,(H,26,27)/t22-/m1/s1. The highest BCUT2D eigenvalue weighted by Gasteiger charge is 2.42. The summed E-state index contributed by atoms with van der Waals surface area (Å²) in [5.41, 5.74) is 4.44. The maximum absolute atomic E-state index is 13.4. The van der Waals surface area contributed by atoms with Crippen LogP contribution in [-0.2, 0) is 0 Å². The summed E-state index contributed by atoms with van der Waals surface area (Å²) in [5, 5.41) is 7.32. The van der Waals surface area contributed by atoms with Gasteiger partial charge >= 0.3 is 0 Å². The number of aromatic nitrogens is 2. The van der Waals surface area contributed by atoms with Crippen molar-refractivity contribution >= 4 is 27.5 Å². The van der Waals surface area contributed by atoms with Crippen molar-refractivity contribution in [1.82, 2.24) is 10.2 Å².